The Kier molecular flexibility index (Phi) is 4.66. The Labute approximate surface area is 125 Å². The Morgan fingerprint density at radius 2 is 1.75 bits per heavy atom. The summed E-state index contributed by atoms with van der Waals surface area (Å²) >= 11 is 0. The second-order valence-electron chi connectivity index (χ2n) is 8.71. The van der Waals surface area contributed by atoms with Gasteiger partial charge in [0.25, 0.3) is 0 Å². The lowest BCUT2D eigenvalue weighted by atomic mass is 9.67. The maximum atomic E-state index is 12.2. The van der Waals surface area contributed by atoms with Crippen molar-refractivity contribution >= 4 is 14.1 Å². The molecule has 2 atom stereocenters. The third-order valence-electron chi connectivity index (χ3n) is 5.89. The predicted octanol–water partition coefficient (Wildman–Crippen LogP) is 3.76. The predicted molar refractivity (Wildman–Crippen MR) is 85.3 cm³/mol. The lowest BCUT2D eigenvalue weighted by Gasteiger charge is -2.38. The van der Waals surface area contributed by atoms with Crippen LogP contribution in [0.25, 0.3) is 0 Å². The highest BCUT2D eigenvalue weighted by molar-refractivity contribution is 6.74. The molecule has 0 aromatic carbocycles. The molecule has 0 aromatic heterocycles. The minimum Gasteiger partial charge on any atom is -0.414 e. The Morgan fingerprint density at radius 1 is 1.25 bits per heavy atom. The average Bonchev–Trinajstić information content (AvgIpc) is 2.46. The highest BCUT2D eigenvalue weighted by atomic mass is 28.4. The average molecular weight is 301 g/mol. The summed E-state index contributed by atoms with van der Waals surface area (Å²) in [5.41, 5.74) is -0.603. The van der Waals surface area contributed by atoms with Gasteiger partial charge in [0.2, 0.25) is 0 Å². The van der Waals surface area contributed by atoms with Crippen molar-refractivity contribution in [3.8, 4) is 0 Å². The van der Waals surface area contributed by atoms with Crippen molar-refractivity contribution in [2.45, 2.75) is 78.6 Å². The van der Waals surface area contributed by atoms with Crippen molar-refractivity contribution in [1.29, 1.82) is 0 Å². The number of aliphatic hydroxyl groups excluding tert-OH is 1. The van der Waals surface area contributed by atoms with Crippen LogP contribution in [-0.2, 0) is 9.22 Å². The van der Waals surface area contributed by atoms with Gasteiger partial charge in [-0.3, -0.25) is 4.79 Å². The van der Waals surface area contributed by atoms with Crippen LogP contribution in [0.15, 0.2) is 0 Å². The minimum atomic E-state index is -1.81. The van der Waals surface area contributed by atoms with Crippen LogP contribution in [0.5, 0.6) is 0 Å². The molecule has 0 unspecified atom stereocenters. The standard InChI is InChI=1S/C16H32O3Si/c1-14(2,3)20(7,8)19-12-9-15(4,5)16(6,10-12)13(18)11-17/h12,17H,9-11H2,1-8H3/t12-,16-/m1/s1. The third-order valence-corrected chi connectivity index (χ3v) is 10.4. The van der Waals surface area contributed by atoms with E-state index in [4.69, 9.17) is 4.43 Å². The lowest BCUT2D eigenvalue weighted by molar-refractivity contribution is -0.135. The molecule has 0 spiro atoms. The summed E-state index contributed by atoms with van der Waals surface area (Å²) in [5.74, 6) is -0.0520. The van der Waals surface area contributed by atoms with E-state index in [1.807, 2.05) is 6.92 Å². The highest BCUT2D eigenvalue weighted by Crippen LogP contribution is 2.55. The summed E-state index contributed by atoms with van der Waals surface area (Å²) in [6.45, 7) is 17.1. The molecule has 1 aliphatic rings. The molecule has 1 N–H and O–H groups in total. The van der Waals surface area contributed by atoms with E-state index in [1.54, 1.807) is 0 Å². The van der Waals surface area contributed by atoms with E-state index in [9.17, 15) is 9.90 Å². The van der Waals surface area contributed by atoms with E-state index in [0.717, 1.165) is 12.8 Å². The Hall–Kier alpha value is -0.193. The van der Waals surface area contributed by atoms with E-state index >= 15 is 0 Å². The number of rotatable bonds is 4. The molecule has 0 radical (unpaired) electrons. The largest absolute Gasteiger partial charge is 0.414 e. The molecule has 0 amide bonds. The molecule has 1 fully saturated rings. The fraction of sp³-hybridized carbons (Fsp3) is 0.938. The van der Waals surface area contributed by atoms with Gasteiger partial charge >= 0.3 is 0 Å². The molecule has 118 valence electrons. The first-order valence-corrected chi connectivity index (χ1v) is 10.5. The number of ketones is 1. The van der Waals surface area contributed by atoms with Gasteiger partial charge in [0.15, 0.2) is 14.1 Å². The molecule has 0 aromatic rings. The second kappa shape index (κ2) is 5.22. The normalized spacial score (nSPS) is 30.6. The molecule has 1 rings (SSSR count). The monoisotopic (exact) mass is 300 g/mol. The molecule has 20 heavy (non-hydrogen) atoms. The van der Waals surface area contributed by atoms with Gasteiger partial charge in [-0.15, -0.1) is 0 Å². The minimum absolute atomic E-state index is 0.0520. The van der Waals surface area contributed by atoms with Crippen LogP contribution < -0.4 is 0 Å². The summed E-state index contributed by atoms with van der Waals surface area (Å²) in [7, 11) is -1.81. The van der Waals surface area contributed by atoms with Gasteiger partial charge in [-0.05, 0) is 36.4 Å². The zero-order valence-electron chi connectivity index (χ0n) is 14.5. The first-order valence-electron chi connectivity index (χ1n) is 7.59. The summed E-state index contributed by atoms with van der Waals surface area (Å²) in [4.78, 5) is 12.2. The van der Waals surface area contributed by atoms with Crippen molar-refractivity contribution in [3.63, 3.8) is 0 Å². The highest BCUT2D eigenvalue weighted by Gasteiger charge is 2.55. The molecule has 3 nitrogen and oxygen atoms in total. The summed E-state index contributed by atoms with van der Waals surface area (Å²) in [6, 6.07) is 0. The zero-order chi connectivity index (χ0) is 16.0. The van der Waals surface area contributed by atoms with Gasteiger partial charge in [-0.25, -0.2) is 0 Å². The maximum Gasteiger partial charge on any atom is 0.192 e. The van der Waals surface area contributed by atoms with Gasteiger partial charge in [-0.2, -0.15) is 0 Å². The Bertz CT molecular complexity index is 382. The van der Waals surface area contributed by atoms with Gasteiger partial charge < -0.3 is 9.53 Å². The van der Waals surface area contributed by atoms with Crippen LogP contribution in [0.3, 0.4) is 0 Å². The fourth-order valence-electron chi connectivity index (χ4n) is 2.94. The van der Waals surface area contributed by atoms with Crippen LogP contribution in [-0.4, -0.2) is 31.9 Å². The maximum absolute atomic E-state index is 12.2. The molecule has 0 bridgehead atoms. The van der Waals surface area contributed by atoms with Crippen molar-refractivity contribution in [3.05, 3.63) is 0 Å². The number of hydrogen-bond acceptors (Lipinski definition) is 3. The molecular weight excluding hydrogens is 268 g/mol. The van der Waals surface area contributed by atoms with E-state index < -0.39 is 13.7 Å². The van der Waals surface area contributed by atoms with E-state index in [0.29, 0.717) is 0 Å². The van der Waals surface area contributed by atoms with E-state index in [2.05, 4.69) is 47.7 Å². The third kappa shape index (κ3) is 3.02. The van der Waals surface area contributed by atoms with Crippen LogP contribution in [0, 0.1) is 10.8 Å². The van der Waals surface area contributed by atoms with Crippen LogP contribution in [0.1, 0.15) is 54.4 Å². The van der Waals surface area contributed by atoms with Crippen molar-refractivity contribution < 1.29 is 14.3 Å². The van der Waals surface area contributed by atoms with Crippen molar-refractivity contribution in [2.24, 2.45) is 10.8 Å². The SMILES string of the molecule is CC1(C)C[C@@H](O[Si](C)(C)C(C)(C)C)C[C@]1(C)C(=O)CO. The first kappa shape index (κ1) is 17.9. The van der Waals surface area contributed by atoms with E-state index in [1.165, 1.54) is 0 Å². The quantitative estimate of drug-likeness (QED) is 0.804. The van der Waals surface area contributed by atoms with E-state index in [-0.39, 0.29) is 28.9 Å². The first-order chi connectivity index (χ1) is 8.77. The van der Waals surface area contributed by atoms with Gasteiger partial charge in [0.1, 0.15) is 6.61 Å². The second-order valence-corrected chi connectivity index (χ2v) is 13.5. The van der Waals surface area contributed by atoms with Crippen molar-refractivity contribution in [1.82, 2.24) is 0 Å². The summed E-state index contributed by atoms with van der Waals surface area (Å²) < 4.78 is 6.49. The molecule has 1 saturated carbocycles. The fourth-order valence-corrected chi connectivity index (χ4v) is 4.29. The molecule has 0 aliphatic heterocycles. The number of Topliss-reactive ketones (excluding diaryl/α,β-unsaturated/α-hetero) is 1. The van der Waals surface area contributed by atoms with Gasteiger partial charge in [0.05, 0.1) is 0 Å². The van der Waals surface area contributed by atoms with Gasteiger partial charge in [-0.1, -0.05) is 41.5 Å². The van der Waals surface area contributed by atoms with Crippen molar-refractivity contribution in [2.75, 3.05) is 6.61 Å². The number of aliphatic hydroxyl groups is 1. The topological polar surface area (TPSA) is 46.5 Å². The smallest absolute Gasteiger partial charge is 0.192 e. The molecule has 1 aliphatic carbocycles. The van der Waals surface area contributed by atoms with Crippen LogP contribution >= 0.6 is 0 Å². The molecule has 4 heteroatoms. The van der Waals surface area contributed by atoms with Crippen LogP contribution in [0.2, 0.25) is 18.1 Å². The Morgan fingerprint density at radius 3 is 2.15 bits per heavy atom. The summed E-state index contributed by atoms with van der Waals surface area (Å²) in [5, 5.41) is 9.44. The van der Waals surface area contributed by atoms with Gasteiger partial charge in [0, 0.05) is 11.5 Å². The number of hydrogen-bond donors (Lipinski definition) is 1. The summed E-state index contributed by atoms with van der Waals surface area (Å²) in [6.07, 6.45) is 1.75. The number of carbonyl (C=O) groups excluding carboxylic acids is 1. The Balaban J connectivity index is 2.92. The lowest BCUT2D eigenvalue weighted by Crippen LogP contribution is -2.43. The molecule has 0 heterocycles. The van der Waals surface area contributed by atoms with Crippen LogP contribution in [0.4, 0.5) is 0 Å². The molecule has 0 saturated heterocycles. The number of carbonyl (C=O) groups is 1. The zero-order valence-corrected chi connectivity index (χ0v) is 15.5. The molecular formula is C16H32O3Si.